The Morgan fingerprint density at radius 1 is 1.17 bits per heavy atom. The number of aromatic nitrogens is 2. The highest BCUT2D eigenvalue weighted by Gasteiger charge is 2.17. The number of nitrogens with one attached hydrogen (secondary N) is 2. The number of hydrogen-bond acceptors (Lipinski definition) is 3. The van der Waals surface area contributed by atoms with Gasteiger partial charge in [-0.1, -0.05) is 12.1 Å². The van der Waals surface area contributed by atoms with Gasteiger partial charge in [0.25, 0.3) is 0 Å². The van der Waals surface area contributed by atoms with Gasteiger partial charge in [-0.3, -0.25) is 9.48 Å². The number of carbonyl (C=O) groups is 2. The number of rotatable bonds is 5. The molecule has 1 fully saturated rings. The molecule has 1 aliphatic heterocycles. The number of benzene rings is 1. The van der Waals surface area contributed by atoms with E-state index in [0.29, 0.717) is 12.2 Å². The van der Waals surface area contributed by atoms with Gasteiger partial charge in [-0.2, -0.15) is 5.10 Å². The maximum absolute atomic E-state index is 12.0. The van der Waals surface area contributed by atoms with Crippen LogP contribution in [-0.2, 0) is 17.9 Å². The van der Waals surface area contributed by atoms with E-state index in [-0.39, 0.29) is 18.5 Å². The Morgan fingerprint density at radius 2 is 2.00 bits per heavy atom. The zero-order valence-corrected chi connectivity index (χ0v) is 13.4. The average molecular weight is 327 g/mol. The smallest absolute Gasteiger partial charge is 0.317 e. The fourth-order valence-corrected chi connectivity index (χ4v) is 2.71. The molecule has 2 aromatic rings. The third kappa shape index (κ3) is 4.34. The summed E-state index contributed by atoms with van der Waals surface area (Å²) in [6.45, 7) is 2.27. The summed E-state index contributed by atoms with van der Waals surface area (Å²) < 4.78 is 1.56. The van der Waals surface area contributed by atoms with Gasteiger partial charge in [0.1, 0.15) is 6.54 Å². The molecule has 0 saturated carbocycles. The second-order valence-electron chi connectivity index (χ2n) is 5.81. The minimum Gasteiger partial charge on any atom is -0.334 e. The lowest BCUT2D eigenvalue weighted by atomic mass is 10.2. The highest BCUT2D eigenvalue weighted by atomic mass is 16.2. The van der Waals surface area contributed by atoms with E-state index >= 15 is 0 Å². The Labute approximate surface area is 140 Å². The van der Waals surface area contributed by atoms with Crippen LogP contribution in [0.15, 0.2) is 42.7 Å². The molecule has 0 spiro atoms. The van der Waals surface area contributed by atoms with Gasteiger partial charge < -0.3 is 15.5 Å². The van der Waals surface area contributed by atoms with E-state index in [1.54, 1.807) is 23.1 Å². The second-order valence-corrected chi connectivity index (χ2v) is 5.81. The number of amides is 3. The minimum atomic E-state index is -0.142. The lowest BCUT2D eigenvalue weighted by Gasteiger charge is -2.16. The number of anilines is 1. The first-order valence-corrected chi connectivity index (χ1v) is 8.10. The van der Waals surface area contributed by atoms with E-state index in [2.05, 4.69) is 15.7 Å². The van der Waals surface area contributed by atoms with Crippen LogP contribution in [0.4, 0.5) is 10.5 Å². The molecule has 24 heavy (non-hydrogen) atoms. The summed E-state index contributed by atoms with van der Waals surface area (Å²) in [5.41, 5.74) is 1.65. The summed E-state index contributed by atoms with van der Waals surface area (Å²) in [7, 11) is 0. The van der Waals surface area contributed by atoms with Crippen LogP contribution in [0.5, 0.6) is 0 Å². The fraction of sp³-hybridized carbons (Fsp3) is 0.353. The van der Waals surface area contributed by atoms with Gasteiger partial charge in [-0.25, -0.2) is 4.79 Å². The molecule has 2 heterocycles. The number of likely N-dealkylation sites (tertiary alicyclic amines) is 1. The SMILES string of the molecule is O=C(Cn1cccn1)Nc1cccc(CNC(=O)N2CCCC2)c1. The Kier molecular flexibility index (Phi) is 5.10. The second kappa shape index (κ2) is 7.63. The van der Waals surface area contributed by atoms with Crippen molar-refractivity contribution in [3.05, 3.63) is 48.3 Å². The van der Waals surface area contributed by atoms with E-state index in [4.69, 9.17) is 0 Å². The van der Waals surface area contributed by atoms with Crippen LogP contribution in [0, 0.1) is 0 Å². The van der Waals surface area contributed by atoms with Crippen molar-refractivity contribution in [2.24, 2.45) is 0 Å². The van der Waals surface area contributed by atoms with Crippen LogP contribution in [-0.4, -0.2) is 39.7 Å². The van der Waals surface area contributed by atoms with Crippen molar-refractivity contribution < 1.29 is 9.59 Å². The number of hydrogen-bond donors (Lipinski definition) is 2. The molecule has 3 amide bonds. The third-order valence-electron chi connectivity index (χ3n) is 3.91. The van der Waals surface area contributed by atoms with Crippen LogP contribution in [0.2, 0.25) is 0 Å². The van der Waals surface area contributed by atoms with E-state index in [9.17, 15) is 9.59 Å². The van der Waals surface area contributed by atoms with Crippen LogP contribution in [0.25, 0.3) is 0 Å². The zero-order chi connectivity index (χ0) is 16.8. The Balaban J connectivity index is 1.51. The molecule has 2 N–H and O–H groups in total. The molecule has 0 aliphatic carbocycles. The Bertz CT molecular complexity index is 693. The van der Waals surface area contributed by atoms with Crippen molar-refractivity contribution in [2.45, 2.75) is 25.9 Å². The van der Waals surface area contributed by atoms with Gasteiger partial charge in [-0.15, -0.1) is 0 Å². The topological polar surface area (TPSA) is 79.3 Å². The third-order valence-corrected chi connectivity index (χ3v) is 3.91. The van der Waals surface area contributed by atoms with Crippen LogP contribution in [0.1, 0.15) is 18.4 Å². The van der Waals surface area contributed by atoms with E-state index in [1.807, 2.05) is 29.2 Å². The average Bonchev–Trinajstić information content (AvgIpc) is 3.26. The summed E-state index contributed by atoms with van der Waals surface area (Å²) in [6, 6.07) is 9.23. The van der Waals surface area contributed by atoms with Crippen LogP contribution < -0.4 is 10.6 Å². The van der Waals surface area contributed by atoms with E-state index in [0.717, 1.165) is 31.5 Å². The molecule has 3 rings (SSSR count). The summed E-state index contributed by atoms with van der Waals surface area (Å²) in [5, 5.41) is 9.76. The molecule has 0 unspecified atom stereocenters. The quantitative estimate of drug-likeness (QED) is 0.879. The Morgan fingerprint density at radius 3 is 2.75 bits per heavy atom. The maximum Gasteiger partial charge on any atom is 0.317 e. The summed E-state index contributed by atoms with van der Waals surface area (Å²) in [6.07, 6.45) is 5.53. The van der Waals surface area contributed by atoms with Gasteiger partial charge in [0.15, 0.2) is 0 Å². The molecule has 1 aromatic carbocycles. The molecule has 7 heteroatoms. The van der Waals surface area contributed by atoms with Gasteiger partial charge >= 0.3 is 6.03 Å². The van der Waals surface area contributed by atoms with E-state index in [1.165, 1.54) is 0 Å². The molecule has 1 aromatic heterocycles. The van der Waals surface area contributed by atoms with Crippen molar-refractivity contribution in [2.75, 3.05) is 18.4 Å². The van der Waals surface area contributed by atoms with Crippen LogP contribution in [0.3, 0.4) is 0 Å². The van der Waals surface area contributed by atoms with Gasteiger partial charge in [-0.05, 0) is 36.6 Å². The molecule has 1 saturated heterocycles. The highest BCUT2D eigenvalue weighted by Crippen LogP contribution is 2.12. The predicted molar refractivity (Wildman–Crippen MR) is 90.3 cm³/mol. The van der Waals surface area contributed by atoms with Crippen molar-refractivity contribution in [1.29, 1.82) is 0 Å². The highest BCUT2D eigenvalue weighted by molar-refractivity contribution is 5.90. The monoisotopic (exact) mass is 327 g/mol. The van der Waals surface area contributed by atoms with Crippen molar-refractivity contribution in [1.82, 2.24) is 20.0 Å². The van der Waals surface area contributed by atoms with Crippen molar-refractivity contribution in [3.63, 3.8) is 0 Å². The molecular weight excluding hydrogens is 306 g/mol. The summed E-state index contributed by atoms with van der Waals surface area (Å²) in [4.78, 5) is 25.8. The van der Waals surface area contributed by atoms with Crippen molar-refractivity contribution in [3.8, 4) is 0 Å². The van der Waals surface area contributed by atoms with Gasteiger partial charge in [0, 0.05) is 37.7 Å². The fourth-order valence-electron chi connectivity index (χ4n) is 2.71. The molecule has 1 aliphatic rings. The first-order chi connectivity index (χ1) is 11.7. The standard InChI is InChI=1S/C17H21N5O2/c23-16(13-22-10-4-7-19-22)20-15-6-3-5-14(11-15)12-18-17(24)21-8-1-2-9-21/h3-7,10-11H,1-2,8-9,12-13H2,(H,18,24)(H,20,23). The normalized spacial score (nSPS) is 13.8. The molecule has 126 valence electrons. The van der Waals surface area contributed by atoms with Gasteiger partial charge in [0.05, 0.1) is 0 Å². The lowest BCUT2D eigenvalue weighted by molar-refractivity contribution is -0.116. The lowest BCUT2D eigenvalue weighted by Crippen LogP contribution is -2.37. The van der Waals surface area contributed by atoms with Crippen molar-refractivity contribution >= 4 is 17.6 Å². The summed E-state index contributed by atoms with van der Waals surface area (Å²) in [5.74, 6) is -0.142. The molecular formula is C17H21N5O2. The zero-order valence-electron chi connectivity index (χ0n) is 13.4. The molecule has 7 nitrogen and oxygen atoms in total. The minimum absolute atomic E-state index is 0.0272. The first-order valence-electron chi connectivity index (χ1n) is 8.10. The summed E-state index contributed by atoms with van der Waals surface area (Å²) >= 11 is 0. The number of carbonyl (C=O) groups excluding carboxylic acids is 2. The molecule has 0 radical (unpaired) electrons. The predicted octanol–water partition coefficient (Wildman–Crippen LogP) is 1.83. The van der Waals surface area contributed by atoms with Gasteiger partial charge in [0.2, 0.25) is 5.91 Å². The molecule has 0 bridgehead atoms. The van der Waals surface area contributed by atoms with E-state index < -0.39 is 0 Å². The Hall–Kier alpha value is -2.83. The largest absolute Gasteiger partial charge is 0.334 e. The number of urea groups is 1. The first kappa shape index (κ1) is 16.0. The number of nitrogens with zero attached hydrogens (tertiary/aromatic N) is 3. The molecule has 0 atom stereocenters. The van der Waals surface area contributed by atoms with Crippen LogP contribution >= 0.6 is 0 Å². The maximum atomic E-state index is 12.0.